The lowest BCUT2D eigenvalue weighted by Crippen LogP contribution is -2.51. The van der Waals surface area contributed by atoms with Crippen molar-refractivity contribution < 1.29 is 14.0 Å². The van der Waals surface area contributed by atoms with E-state index in [1.807, 2.05) is 34.1 Å². The zero-order valence-electron chi connectivity index (χ0n) is 26.3. The van der Waals surface area contributed by atoms with Crippen molar-refractivity contribution in [3.63, 3.8) is 0 Å². The minimum Gasteiger partial charge on any atom is -0.368 e. The minimum atomic E-state index is -0.935. The number of halogens is 1. The third-order valence-corrected chi connectivity index (χ3v) is 9.32. The van der Waals surface area contributed by atoms with Crippen molar-refractivity contribution in [1.82, 2.24) is 30.0 Å². The number of rotatable bonds is 8. The van der Waals surface area contributed by atoms with Crippen molar-refractivity contribution in [2.24, 2.45) is 5.41 Å². The van der Waals surface area contributed by atoms with Crippen molar-refractivity contribution in [2.75, 3.05) is 56.0 Å². The van der Waals surface area contributed by atoms with Crippen molar-refractivity contribution in [3.8, 4) is 28.7 Å². The van der Waals surface area contributed by atoms with Gasteiger partial charge in [0.05, 0.1) is 35.7 Å². The topological polar surface area (TPSA) is 134 Å². The number of carbonyl (C=O) groups excluding carboxylic acids is 2. The zero-order chi connectivity index (χ0) is 33.1. The molecular weight excluding hydrogens is 609 g/mol. The van der Waals surface area contributed by atoms with Gasteiger partial charge in [0.2, 0.25) is 11.8 Å². The van der Waals surface area contributed by atoms with Gasteiger partial charge in [-0.3, -0.25) is 19.6 Å². The van der Waals surface area contributed by atoms with Crippen molar-refractivity contribution in [1.29, 1.82) is 5.26 Å². The van der Waals surface area contributed by atoms with Crippen LogP contribution in [-0.2, 0) is 9.59 Å². The van der Waals surface area contributed by atoms with Gasteiger partial charge >= 0.3 is 0 Å². The van der Waals surface area contributed by atoms with Crippen LogP contribution in [0.4, 0.5) is 15.8 Å². The molecule has 0 aliphatic carbocycles. The first kappa shape index (κ1) is 31.0. The Morgan fingerprint density at radius 3 is 2.40 bits per heavy atom. The summed E-state index contributed by atoms with van der Waals surface area (Å²) in [4.78, 5) is 41.8. The van der Waals surface area contributed by atoms with E-state index in [-0.39, 0.29) is 30.6 Å². The number of amides is 2. The molecule has 3 aromatic carbocycles. The molecule has 2 saturated heterocycles. The van der Waals surface area contributed by atoms with Gasteiger partial charge in [-0.2, -0.15) is 10.4 Å². The second kappa shape index (κ2) is 13.2. The first-order valence-electron chi connectivity index (χ1n) is 16.0. The number of benzene rings is 3. The van der Waals surface area contributed by atoms with E-state index in [1.165, 1.54) is 12.1 Å². The van der Waals surface area contributed by atoms with E-state index < -0.39 is 5.41 Å². The predicted octanol–water partition coefficient (Wildman–Crippen LogP) is 4.72. The van der Waals surface area contributed by atoms with Crippen LogP contribution in [0.2, 0.25) is 0 Å². The summed E-state index contributed by atoms with van der Waals surface area (Å²) in [6.45, 7) is 3.73. The Labute approximate surface area is 277 Å². The highest BCUT2D eigenvalue weighted by molar-refractivity contribution is 6.00. The van der Waals surface area contributed by atoms with E-state index in [2.05, 4.69) is 48.6 Å². The number of hydrogen-bond acceptors (Lipinski definition) is 8. The molecule has 2 aromatic heterocycles. The number of likely N-dealkylation sites (tertiary alicyclic amines) is 1. The van der Waals surface area contributed by atoms with E-state index in [1.54, 1.807) is 36.7 Å². The number of carbonyl (C=O) groups is 2. The van der Waals surface area contributed by atoms with Gasteiger partial charge < -0.3 is 15.1 Å². The van der Waals surface area contributed by atoms with Gasteiger partial charge in [0, 0.05) is 73.0 Å². The average molecular weight is 644 g/mol. The molecule has 1 atom stereocenters. The number of nitrogens with one attached hydrogen (secondary N) is 2. The lowest BCUT2D eigenvalue weighted by molar-refractivity contribution is -0.133. The van der Waals surface area contributed by atoms with Crippen LogP contribution in [0.3, 0.4) is 0 Å². The SMILES string of the molecule is N#CCC1(C(=O)Nc2ccc3[nH]nc(-c4ccc(F)cc4)c3c2)CCN(CC(=O)N2CCN(c3ccc(-c4ncccn4)cc3)CC2)C1. The molecule has 48 heavy (non-hydrogen) atoms. The largest absolute Gasteiger partial charge is 0.368 e. The Morgan fingerprint density at radius 1 is 0.938 bits per heavy atom. The van der Waals surface area contributed by atoms with Crippen LogP contribution in [0.5, 0.6) is 0 Å². The highest BCUT2D eigenvalue weighted by Gasteiger charge is 2.45. The van der Waals surface area contributed by atoms with Gasteiger partial charge in [0.1, 0.15) is 5.82 Å². The molecule has 4 heterocycles. The summed E-state index contributed by atoms with van der Waals surface area (Å²) < 4.78 is 13.5. The normalized spacial score (nSPS) is 18.2. The van der Waals surface area contributed by atoms with Crippen LogP contribution in [0.1, 0.15) is 12.8 Å². The quantitative estimate of drug-likeness (QED) is 0.248. The van der Waals surface area contributed by atoms with E-state index in [0.717, 1.165) is 40.8 Å². The van der Waals surface area contributed by atoms with Crippen LogP contribution < -0.4 is 10.2 Å². The third kappa shape index (κ3) is 6.32. The van der Waals surface area contributed by atoms with Crippen LogP contribution >= 0.6 is 0 Å². The Bertz CT molecular complexity index is 1970. The fourth-order valence-corrected chi connectivity index (χ4v) is 6.61. The molecule has 0 saturated carbocycles. The molecule has 1 unspecified atom stereocenters. The molecule has 2 amide bonds. The maximum atomic E-state index is 13.7. The van der Waals surface area contributed by atoms with Gasteiger partial charge in [-0.25, -0.2) is 14.4 Å². The van der Waals surface area contributed by atoms with E-state index in [0.29, 0.717) is 49.8 Å². The maximum Gasteiger partial charge on any atom is 0.236 e. The van der Waals surface area contributed by atoms with Crippen molar-refractivity contribution in [3.05, 3.63) is 91.0 Å². The Hall–Kier alpha value is -5.67. The smallest absolute Gasteiger partial charge is 0.236 e. The lowest BCUT2D eigenvalue weighted by Gasteiger charge is -2.37. The fourth-order valence-electron chi connectivity index (χ4n) is 6.61. The molecule has 2 N–H and O–H groups in total. The molecule has 2 aliphatic heterocycles. The summed E-state index contributed by atoms with van der Waals surface area (Å²) in [6, 6.07) is 23.7. The molecular formula is C36H34FN9O2. The number of aromatic amines is 1. The second-order valence-electron chi connectivity index (χ2n) is 12.4. The molecule has 0 radical (unpaired) electrons. The molecule has 5 aromatic rings. The Balaban J connectivity index is 0.955. The summed E-state index contributed by atoms with van der Waals surface area (Å²) in [5.41, 5.74) is 3.86. The summed E-state index contributed by atoms with van der Waals surface area (Å²) in [7, 11) is 0. The number of H-pyrrole nitrogens is 1. The first-order chi connectivity index (χ1) is 23.4. The third-order valence-electron chi connectivity index (χ3n) is 9.32. The van der Waals surface area contributed by atoms with Crippen molar-refractivity contribution in [2.45, 2.75) is 12.8 Å². The van der Waals surface area contributed by atoms with Crippen LogP contribution in [-0.4, -0.2) is 87.6 Å². The number of piperazine rings is 1. The molecule has 242 valence electrons. The van der Waals surface area contributed by atoms with Crippen LogP contribution in [0.25, 0.3) is 33.5 Å². The molecule has 0 spiro atoms. The summed E-state index contributed by atoms with van der Waals surface area (Å²) in [6.07, 6.45) is 3.98. The minimum absolute atomic E-state index is 0.0260. The van der Waals surface area contributed by atoms with Gasteiger partial charge in [0.25, 0.3) is 0 Å². The number of aromatic nitrogens is 4. The highest BCUT2D eigenvalue weighted by atomic mass is 19.1. The number of anilines is 2. The molecule has 0 bridgehead atoms. The highest BCUT2D eigenvalue weighted by Crippen LogP contribution is 2.36. The number of fused-ring (bicyclic) bond motifs is 1. The van der Waals surface area contributed by atoms with E-state index >= 15 is 0 Å². The van der Waals surface area contributed by atoms with E-state index in [4.69, 9.17) is 0 Å². The summed E-state index contributed by atoms with van der Waals surface area (Å²) >= 11 is 0. The van der Waals surface area contributed by atoms with Gasteiger partial charge in [0.15, 0.2) is 5.82 Å². The fraction of sp³-hybridized carbons (Fsp3) is 0.278. The van der Waals surface area contributed by atoms with Crippen LogP contribution in [0, 0.1) is 22.6 Å². The Kier molecular flexibility index (Phi) is 8.52. The zero-order valence-corrected chi connectivity index (χ0v) is 26.3. The number of nitrogens with zero attached hydrogens (tertiary/aromatic N) is 7. The standard InChI is InChI=1S/C36H34FN9O2/c37-27-6-2-25(3-7-27)33-30-22-28(8-11-31(30)42-43-33)41-35(48)36(12-14-38)13-17-44(24-36)23-32(47)46-20-18-45(19-21-46)29-9-4-26(5-10-29)34-39-15-1-16-40-34/h1-11,15-16,22H,12-13,17-21,23-24H2,(H,41,48)(H,42,43). The molecule has 2 aliphatic rings. The summed E-state index contributed by atoms with van der Waals surface area (Å²) in [5.74, 6) is 0.133. The molecule has 12 heteroatoms. The van der Waals surface area contributed by atoms with Gasteiger partial charge in [-0.1, -0.05) is 0 Å². The number of nitriles is 1. The number of hydrogen-bond donors (Lipinski definition) is 2. The van der Waals surface area contributed by atoms with Crippen LogP contribution in [0.15, 0.2) is 85.2 Å². The molecule has 2 fully saturated rings. The first-order valence-corrected chi connectivity index (χ1v) is 16.0. The van der Waals surface area contributed by atoms with Gasteiger partial charge in [-0.05, 0) is 85.8 Å². The maximum absolute atomic E-state index is 13.7. The molecule has 7 rings (SSSR count). The van der Waals surface area contributed by atoms with E-state index in [9.17, 15) is 19.2 Å². The Morgan fingerprint density at radius 2 is 1.67 bits per heavy atom. The lowest BCUT2D eigenvalue weighted by atomic mass is 9.83. The summed E-state index contributed by atoms with van der Waals surface area (Å²) in [5, 5.41) is 20.9. The molecule has 11 nitrogen and oxygen atoms in total. The average Bonchev–Trinajstić information content (AvgIpc) is 3.74. The predicted molar refractivity (Wildman–Crippen MR) is 180 cm³/mol. The second-order valence-corrected chi connectivity index (χ2v) is 12.4. The monoisotopic (exact) mass is 643 g/mol. The van der Waals surface area contributed by atoms with Crippen molar-refractivity contribution >= 4 is 34.1 Å². The van der Waals surface area contributed by atoms with Gasteiger partial charge in [-0.15, -0.1) is 0 Å².